The molecule has 0 aromatic heterocycles. The minimum absolute atomic E-state index is 0.197. The second-order valence-corrected chi connectivity index (χ2v) is 5.17. The van der Waals surface area contributed by atoms with Crippen LogP contribution in [0.4, 0.5) is 5.69 Å². The average molecular weight is 341 g/mol. The molecule has 0 unspecified atom stereocenters. The minimum Gasteiger partial charge on any atom is -0.457 e. The van der Waals surface area contributed by atoms with Gasteiger partial charge in [-0.3, -0.25) is 0 Å². The number of rotatable bonds is 3. The zero-order valence-corrected chi connectivity index (χ0v) is 12.2. The summed E-state index contributed by atoms with van der Waals surface area (Å²) in [4.78, 5) is 11.9. The number of ether oxygens (including phenoxy) is 1. The second kappa shape index (κ2) is 6.08. The number of nitrogens with two attached hydrogens (primary N) is 1. The fourth-order valence-electron chi connectivity index (χ4n) is 1.50. The first kappa shape index (κ1) is 13.9. The second-order valence-electron chi connectivity index (χ2n) is 3.90. The summed E-state index contributed by atoms with van der Waals surface area (Å²) in [6.45, 7) is 0.197. The highest BCUT2D eigenvalue weighted by Crippen LogP contribution is 2.21. The lowest BCUT2D eigenvalue weighted by Crippen LogP contribution is -2.06. The first-order valence-corrected chi connectivity index (χ1v) is 6.70. The van der Waals surface area contributed by atoms with Crippen LogP contribution in [0.3, 0.4) is 0 Å². The van der Waals surface area contributed by atoms with Gasteiger partial charge in [-0.25, -0.2) is 4.79 Å². The average Bonchev–Trinajstić information content (AvgIpc) is 2.40. The van der Waals surface area contributed by atoms with E-state index in [1.165, 1.54) is 6.07 Å². The molecule has 0 radical (unpaired) electrons. The molecule has 0 saturated heterocycles. The van der Waals surface area contributed by atoms with E-state index in [0.29, 0.717) is 16.3 Å². The summed E-state index contributed by atoms with van der Waals surface area (Å²) in [6, 6.07) is 12.2. The van der Waals surface area contributed by atoms with Gasteiger partial charge in [0.1, 0.15) is 6.61 Å². The van der Waals surface area contributed by atoms with Crippen molar-refractivity contribution >= 4 is 39.2 Å². The summed E-state index contributed by atoms with van der Waals surface area (Å²) < 4.78 is 6.12. The van der Waals surface area contributed by atoms with Crippen molar-refractivity contribution in [2.24, 2.45) is 0 Å². The van der Waals surface area contributed by atoms with Gasteiger partial charge in [-0.2, -0.15) is 0 Å². The van der Waals surface area contributed by atoms with Crippen molar-refractivity contribution in [2.75, 3.05) is 5.73 Å². The first-order chi connectivity index (χ1) is 9.08. The van der Waals surface area contributed by atoms with Gasteiger partial charge < -0.3 is 10.5 Å². The summed E-state index contributed by atoms with van der Waals surface area (Å²) in [6.07, 6.45) is 0. The Morgan fingerprint density at radius 1 is 1.26 bits per heavy atom. The Morgan fingerprint density at radius 3 is 2.68 bits per heavy atom. The molecule has 0 spiro atoms. The lowest BCUT2D eigenvalue weighted by atomic mass is 10.2. The van der Waals surface area contributed by atoms with Crippen molar-refractivity contribution in [3.63, 3.8) is 0 Å². The van der Waals surface area contributed by atoms with E-state index in [1.54, 1.807) is 12.1 Å². The van der Waals surface area contributed by atoms with Gasteiger partial charge in [-0.15, -0.1) is 0 Å². The molecule has 19 heavy (non-hydrogen) atoms. The van der Waals surface area contributed by atoms with Gasteiger partial charge in [0, 0.05) is 10.0 Å². The van der Waals surface area contributed by atoms with E-state index in [-0.39, 0.29) is 6.61 Å². The smallest absolute Gasteiger partial charge is 0.338 e. The topological polar surface area (TPSA) is 52.3 Å². The van der Waals surface area contributed by atoms with E-state index in [2.05, 4.69) is 15.9 Å². The van der Waals surface area contributed by atoms with Crippen LogP contribution in [0.2, 0.25) is 5.02 Å². The molecule has 2 N–H and O–H groups in total. The molecule has 0 fully saturated rings. The van der Waals surface area contributed by atoms with Crippen LogP contribution in [0.15, 0.2) is 46.9 Å². The van der Waals surface area contributed by atoms with Gasteiger partial charge in [-0.1, -0.05) is 45.7 Å². The van der Waals surface area contributed by atoms with Gasteiger partial charge in [0.15, 0.2) is 0 Å². The highest BCUT2D eigenvalue weighted by Gasteiger charge is 2.10. The molecule has 0 aliphatic heterocycles. The molecule has 2 aromatic rings. The van der Waals surface area contributed by atoms with Crippen molar-refractivity contribution in [2.45, 2.75) is 6.61 Å². The van der Waals surface area contributed by atoms with E-state index < -0.39 is 5.97 Å². The molecule has 3 nitrogen and oxygen atoms in total. The number of esters is 1. The third-order valence-corrected chi connectivity index (χ3v) is 3.65. The molecule has 0 saturated carbocycles. The SMILES string of the molecule is Nc1ccc(C(=O)OCc2ccccc2Br)cc1Cl. The van der Waals surface area contributed by atoms with Crippen molar-refractivity contribution in [1.82, 2.24) is 0 Å². The van der Waals surface area contributed by atoms with Gasteiger partial charge in [0.05, 0.1) is 16.3 Å². The Hall–Kier alpha value is -1.52. The van der Waals surface area contributed by atoms with Gasteiger partial charge in [0.25, 0.3) is 0 Å². The molecule has 0 bridgehead atoms. The number of hydrogen-bond donors (Lipinski definition) is 1. The standard InChI is InChI=1S/C14H11BrClNO2/c15-11-4-2-1-3-10(11)8-19-14(18)9-5-6-13(17)12(16)7-9/h1-7H,8,17H2. The molecule has 0 heterocycles. The fourth-order valence-corrected chi connectivity index (χ4v) is 2.08. The maximum absolute atomic E-state index is 11.9. The molecule has 2 rings (SSSR count). The molecule has 0 atom stereocenters. The lowest BCUT2D eigenvalue weighted by Gasteiger charge is -2.07. The van der Waals surface area contributed by atoms with E-state index in [4.69, 9.17) is 22.1 Å². The number of carbonyl (C=O) groups is 1. The van der Waals surface area contributed by atoms with Crippen LogP contribution in [0.5, 0.6) is 0 Å². The quantitative estimate of drug-likeness (QED) is 0.677. The predicted molar refractivity (Wildman–Crippen MR) is 79.1 cm³/mol. The molecule has 2 aromatic carbocycles. The van der Waals surface area contributed by atoms with Gasteiger partial charge in [0.2, 0.25) is 0 Å². The molecule has 0 aliphatic carbocycles. The van der Waals surface area contributed by atoms with Crippen molar-refractivity contribution in [1.29, 1.82) is 0 Å². The highest BCUT2D eigenvalue weighted by atomic mass is 79.9. The van der Waals surface area contributed by atoms with E-state index in [0.717, 1.165) is 10.0 Å². The summed E-state index contributed by atoms with van der Waals surface area (Å²) in [5.41, 5.74) is 7.30. The van der Waals surface area contributed by atoms with Gasteiger partial charge in [-0.05, 0) is 24.3 Å². The zero-order valence-electron chi connectivity index (χ0n) is 9.90. The maximum Gasteiger partial charge on any atom is 0.338 e. The summed E-state index contributed by atoms with van der Waals surface area (Å²) in [5, 5.41) is 0.343. The Kier molecular flexibility index (Phi) is 4.45. The number of nitrogen functional groups attached to an aromatic ring is 1. The normalized spacial score (nSPS) is 10.2. The van der Waals surface area contributed by atoms with Crippen molar-refractivity contribution in [3.05, 3.63) is 63.1 Å². The molecule has 5 heteroatoms. The third-order valence-electron chi connectivity index (χ3n) is 2.55. The Labute approximate surface area is 124 Å². The molecular formula is C14H11BrClNO2. The molecular weight excluding hydrogens is 330 g/mol. The number of halogens is 2. The number of anilines is 1. The van der Waals surface area contributed by atoms with E-state index >= 15 is 0 Å². The van der Waals surface area contributed by atoms with Crippen LogP contribution in [0, 0.1) is 0 Å². The number of benzene rings is 2. The van der Waals surface area contributed by atoms with Crippen molar-refractivity contribution in [3.8, 4) is 0 Å². The summed E-state index contributed by atoms with van der Waals surface area (Å²) >= 11 is 9.25. The van der Waals surface area contributed by atoms with Crippen LogP contribution in [-0.4, -0.2) is 5.97 Å². The Morgan fingerprint density at radius 2 is 2.00 bits per heavy atom. The van der Waals surface area contributed by atoms with Crippen LogP contribution in [-0.2, 0) is 11.3 Å². The summed E-state index contributed by atoms with van der Waals surface area (Å²) in [7, 11) is 0. The zero-order chi connectivity index (χ0) is 13.8. The highest BCUT2D eigenvalue weighted by molar-refractivity contribution is 9.10. The number of hydrogen-bond acceptors (Lipinski definition) is 3. The monoisotopic (exact) mass is 339 g/mol. The number of carbonyl (C=O) groups excluding carboxylic acids is 1. The largest absolute Gasteiger partial charge is 0.457 e. The fraction of sp³-hybridized carbons (Fsp3) is 0.0714. The predicted octanol–water partition coefficient (Wildman–Crippen LogP) is 4.04. The van der Waals surface area contributed by atoms with Crippen LogP contribution in [0.25, 0.3) is 0 Å². The minimum atomic E-state index is -0.433. The molecule has 0 amide bonds. The van der Waals surface area contributed by atoms with E-state index in [1.807, 2.05) is 24.3 Å². The Bertz CT molecular complexity index is 616. The van der Waals surface area contributed by atoms with Crippen LogP contribution in [0.1, 0.15) is 15.9 Å². The Balaban J connectivity index is 2.05. The van der Waals surface area contributed by atoms with E-state index in [9.17, 15) is 4.79 Å². The first-order valence-electron chi connectivity index (χ1n) is 5.53. The molecule has 98 valence electrons. The lowest BCUT2D eigenvalue weighted by molar-refractivity contribution is 0.0472. The van der Waals surface area contributed by atoms with Crippen LogP contribution < -0.4 is 5.73 Å². The van der Waals surface area contributed by atoms with Gasteiger partial charge >= 0.3 is 5.97 Å². The summed E-state index contributed by atoms with van der Waals surface area (Å²) in [5.74, 6) is -0.433. The van der Waals surface area contributed by atoms with Crippen LogP contribution >= 0.6 is 27.5 Å². The third kappa shape index (κ3) is 3.49. The molecule has 0 aliphatic rings. The maximum atomic E-state index is 11.9. The van der Waals surface area contributed by atoms with Crippen molar-refractivity contribution < 1.29 is 9.53 Å².